The molecule has 2 amide bonds. The highest BCUT2D eigenvalue weighted by Crippen LogP contribution is 2.37. The van der Waals surface area contributed by atoms with Crippen LogP contribution in [0.3, 0.4) is 0 Å². The van der Waals surface area contributed by atoms with Crippen molar-refractivity contribution in [3.63, 3.8) is 0 Å². The molecular weight excluding hydrogens is 396 g/mol. The quantitative estimate of drug-likeness (QED) is 0.405. The molecule has 0 saturated heterocycles. The van der Waals surface area contributed by atoms with Gasteiger partial charge in [-0.1, -0.05) is 56.3 Å². The smallest absolute Gasteiger partial charge is 0.267 e. The normalized spacial score (nSPS) is 18.6. The van der Waals surface area contributed by atoms with Gasteiger partial charge in [0.05, 0.1) is 0 Å². The van der Waals surface area contributed by atoms with Gasteiger partial charge in [0, 0.05) is 16.1 Å². The number of hydrogen-bond donors (Lipinski definition) is 2. The van der Waals surface area contributed by atoms with E-state index < -0.39 is 0 Å². The van der Waals surface area contributed by atoms with E-state index in [1.54, 1.807) is 24.3 Å². The molecule has 0 atom stereocenters. The molecule has 1 aliphatic rings. The number of amides is 2. The maximum Gasteiger partial charge on any atom is 0.269 e. The first-order valence-electron chi connectivity index (χ1n) is 11.0. The predicted molar refractivity (Wildman–Crippen MR) is 122 cm³/mol. The van der Waals surface area contributed by atoms with Gasteiger partial charge in [-0.2, -0.15) is 0 Å². The van der Waals surface area contributed by atoms with E-state index in [-0.39, 0.29) is 11.8 Å². The summed E-state index contributed by atoms with van der Waals surface area (Å²) in [5.41, 5.74) is 7.18. The van der Waals surface area contributed by atoms with Gasteiger partial charge in [0.2, 0.25) is 0 Å². The van der Waals surface area contributed by atoms with Crippen LogP contribution in [0.5, 0.6) is 0 Å². The Bertz CT molecular complexity index is 825. The summed E-state index contributed by atoms with van der Waals surface area (Å²) in [6.45, 7) is 2.26. The summed E-state index contributed by atoms with van der Waals surface area (Å²) in [4.78, 5) is 24.4. The van der Waals surface area contributed by atoms with Gasteiger partial charge >= 0.3 is 0 Å². The summed E-state index contributed by atoms with van der Waals surface area (Å²) in [7, 11) is 0. The van der Waals surface area contributed by atoms with Crippen molar-refractivity contribution in [1.82, 2.24) is 10.9 Å². The van der Waals surface area contributed by atoms with Gasteiger partial charge < -0.3 is 0 Å². The monoisotopic (exact) mass is 426 g/mol. The van der Waals surface area contributed by atoms with Crippen LogP contribution in [0.2, 0.25) is 5.02 Å². The van der Waals surface area contributed by atoms with Crippen LogP contribution in [0.1, 0.15) is 90.5 Å². The lowest BCUT2D eigenvalue weighted by Gasteiger charge is -2.29. The average molecular weight is 427 g/mol. The SMILES string of the molecule is CCCCCC1CCC(c2ccc(C(=O)NNC(=O)c3ccc(Cl)cc3)cc2)CC1. The van der Waals surface area contributed by atoms with Gasteiger partial charge in [-0.25, -0.2) is 0 Å². The molecule has 0 radical (unpaired) electrons. The minimum Gasteiger partial charge on any atom is -0.267 e. The zero-order valence-corrected chi connectivity index (χ0v) is 18.4. The predicted octanol–water partition coefficient (Wildman–Crippen LogP) is 6.27. The van der Waals surface area contributed by atoms with E-state index in [0.717, 1.165) is 5.92 Å². The summed E-state index contributed by atoms with van der Waals surface area (Å²) < 4.78 is 0. The molecule has 0 heterocycles. The summed E-state index contributed by atoms with van der Waals surface area (Å²) in [5.74, 6) is 0.770. The van der Waals surface area contributed by atoms with Crippen LogP contribution in [-0.4, -0.2) is 11.8 Å². The highest BCUT2D eigenvalue weighted by atomic mass is 35.5. The van der Waals surface area contributed by atoms with Crippen molar-refractivity contribution < 1.29 is 9.59 Å². The third-order valence-electron chi connectivity index (χ3n) is 6.10. The van der Waals surface area contributed by atoms with Crippen molar-refractivity contribution in [3.8, 4) is 0 Å². The number of carbonyl (C=O) groups excluding carboxylic acids is 2. The second kappa shape index (κ2) is 11.2. The Kier molecular flexibility index (Phi) is 8.32. The Morgan fingerprint density at radius 2 is 1.37 bits per heavy atom. The number of halogens is 1. The lowest BCUT2D eigenvalue weighted by Crippen LogP contribution is -2.41. The van der Waals surface area contributed by atoms with Crippen LogP contribution in [-0.2, 0) is 0 Å². The van der Waals surface area contributed by atoms with Crippen molar-refractivity contribution in [2.75, 3.05) is 0 Å². The van der Waals surface area contributed by atoms with E-state index >= 15 is 0 Å². The summed E-state index contributed by atoms with van der Waals surface area (Å²) in [6.07, 6.45) is 10.5. The van der Waals surface area contributed by atoms with Crippen LogP contribution < -0.4 is 10.9 Å². The molecule has 1 fully saturated rings. The molecule has 3 rings (SSSR count). The molecule has 0 bridgehead atoms. The van der Waals surface area contributed by atoms with E-state index in [9.17, 15) is 9.59 Å². The van der Waals surface area contributed by atoms with E-state index in [0.29, 0.717) is 22.1 Å². The number of benzene rings is 2. The Morgan fingerprint density at radius 3 is 1.90 bits per heavy atom. The summed E-state index contributed by atoms with van der Waals surface area (Å²) in [6, 6.07) is 14.3. The second-order valence-electron chi connectivity index (χ2n) is 8.25. The fourth-order valence-electron chi connectivity index (χ4n) is 4.23. The van der Waals surface area contributed by atoms with Gasteiger partial charge in [-0.05, 0) is 79.5 Å². The van der Waals surface area contributed by atoms with E-state index in [1.165, 1.54) is 56.9 Å². The molecule has 1 saturated carbocycles. The lowest BCUT2D eigenvalue weighted by molar-refractivity contribution is 0.0846. The van der Waals surface area contributed by atoms with Crippen molar-refractivity contribution in [1.29, 1.82) is 0 Å². The van der Waals surface area contributed by atoms with Crippen molar-refractivity contribution in [2.45, 2.75) is 64.2 Å². The van der Waals surface area contributed by atoms with Crippen molar-refractivity contribution in [2.24, 2.45) is 5.92 Å². The first-order chi connectivity index (χ1) is 14.6. The first-order valence-corrected chi connectivity index (χ1v) is 11.4. The molecule has 0 aliphatic heterocycles. The zero-order chi connectivity index (χ0) is 21.3. The Balaban J connectivity index is 1.46. The standard InChI is InChI=1S/C25H31ClN2O2/c1-2-3-4-5-18-6-8-19(9-7-18)20-10-12-21(13-11-20)24(29)27-28-25(30)22-14-16-23(26)17-15-22/h10-19H,2-9H2,1H3,(H,27,29)(H,28,30). The Hall–Kier alpha value is -2.33. The van der Waals surface area contributed by atoms with E-state index in [4.69, 9.17) is 11.6 Å². The maximum atomic E-state index is 12.3. The minimum absolute atomic E-state index is 0.330. The molecule has 0 aromatic heterocycles. The molecule has 160 valence electrons. The third kappa shape index (κ3) is 6.33. The van der Waals surface area contributed by atoms with Gasteiger partial charge in [0.1, 0.15) is 0 Å². The largest absolute Gasteiger partial charge is 0.269 e. The number of carbonyl (C=O) groups is 2. The molecule has 1 aliphatic carbocycles. The minimum atomic E-state index is -0.382. The molecular formula is C25H31ClN2O2. The fraction of sp³-hybridized carbons (Fsp3) is 0.440. The van der Waals surface area contributed by atoms with Gasteiger partial charge in [-0.15, -0.1) is 0 Å². The number of rotatable bonds is 7. The molecule has 30 heavy (non-hydrogen) atoms. The third-order valence-corrected chi connectivity index (χ3v) is 6.35. The van der Waals surface area contributed by atoms with Gasteiger partial charge in [0.15, 0.2) is 0 Å². The van der Waals surface area contributed by atoms with Crippen molar-refractivity contribution >= 4 is 23.4 Å². The average Bonchev–Trinajstić information content (AvgIpc) is 2.78. The topological polar surface area (TPSA) is 58.2 Å². The highest BCUT2D eigenvalue weighted by Gasteiger charge is 2.22. The van der Waals surface area contributed by atoms with Crippen LogP contribution in [0, 0.1) is 5.92 Å². The molecule has 2 aromatic rings. The number of nitrogens with one attached hydrogen (secondary N) is 2. The maximum absolute atomic E-state index is 12.3. The van der Waals surface area contributed by atoms with E-state index in [2.05, 4.69) is 29.9 Å². The molecule has 4 nitrogen and oxygen atoms in total. The molecule has 0 unspecified atom stereocenters. The van der Waals surface area contributed by atoms with E-state index in [1.807, 2.05) is 12.1 Å². The number of hydrogen-bond acceptors (Lipinski definition) is 2. The van der Waals surface area contributed by atoms with Crippen LogP contribution in [0.15, 0.2) is 48.5 Å². The Labute approximate surface area is 184 Å². The summed E-state index contributed by atoms with van der Waals surface area (Å²) >= 11 is 5.82. The lowest BCUT2D eigenvalue weighted by atomic mass is 9.77. The first kappa shape index (κ1) is 22.4. The van der Waals surface area contributed by atoms with Gasteiger partial charge in [0.25, 0.3) is 11.8 Å². The fourth-order valence-corrected chi connectivity index (χ4v) is 4.36. The molecule has 5 heteroatoms. The van der Waals surface area contributed by atoms with Crippen LogP contribution >= 0.6 is 11.6 Å². The van der Waals surface area contributed by atoms with Crippen LogP contribution in [0.25, 0.3) is 0 Å². The van der Waals surface area contributed by atoms with Crippen LogP contribution in [0.4, 0.5) is 0 Å². The number of unbranched alkanes of at least 4 members (excludes halogenated alkanes) is 2. The molecule has 0 spiro atoms. The Morgan fingerprint density at radius 1 is 0.833 bits per heavy atom. The molecule has 2 N–H and O–H groups in total. The highest BCUT2D eigenvalue weighted by molar-refractivity contribution is 6.30. The second-order valence-corrected chi connectivity index (χ2v) is 8.69. The summed E-state index contributed by atoms with van der Waals surface area (Å²) in [5, 5.41) is 0.556. The molecule has 2 aromatic carbocycles. The number of hydrazine groups is 1. The zero-order valence-electron chi connectivity index (χ0n) is 17.6. The van der Waals surface area contributed by atoms with Gasteiger partial charge in [-0.3, -0.25) is 20.4 Å². The van der Waals surface area contributed by atoms with Crippen molar-refractivity contribution in [3.05, 3.63) is 70.2 Å².